The molecule has 0 aliphatic carbocycles. The molecule has 6 aromatic carbocycles. The van der Waals surface area contributed by atoms with Crippen LogP contribution in [0.4, 0.5) is 0 Å². The summed E-state index contributed by atoms with van der Waals surface area (Å²) in [5.41, 5.74) is 12.5. The van der Waals surface area contributed by atoms with Crippen LogP contribution in [0.1, 0.15) is 39.3 Å². The van der Waals surface area contributed by atoms with E-state index in [4.69, 9.17) is 4.99 Å². The van der Waals surface area contributed by atoms with Crippen molar-refractivity contribution in [2.24, 2.45) is 4.99 Å². The molecule has 1 atom stereocenters. The second-order valence-electron chi connectivity index (χ2n) is 10.7. The third-order valence-corrected chi connectivity index (χ3v) is 8.01. The summed E-state index contributed by atoms with van der Waals surface area (Å²) in [5, 5.41) is 0. The molecule has 0 bridgehead atoms. The molecule has 204 valence electrons. The SMILES string of the molecule is c1ccc(C2=NC(c3ccccc3)=C(c3ccccc3)C(c3ccccc3)=C(c3ccccc3)C2c2ccccc2)cc1. The molecule has 0 fully saturated rings. The van der Waals surface area contributed by atoms with Crippen LogP contribution >= 0.6 is 0 Å². The number of aliphatic imine (C=N–C) groups is 1. The fraction of sp³-hybridized carbons (Fsp3) is 0.0238. The second kappa shape index (κ2) is 12.1. The monoisotopic (exact) mass is 549 g/mol. The van der Waals surface area contributed by atoms with Gasteiger partial charge in [0, 0.05) is 11.1 Å². The number of nitrogens with zero attached hydrogens (tertiary/aromatic N) is 1. The third-order valence-electron chi connectivity index (χ3n) is 8.01. The van der Waals surface area contributed by atoms with Gasteiger partial charge in [0.2, 0.25) is 0 Å². The smallest absolute Gasteiger partial charge is 0.0790 e. The lowest BCUT2D eigenvalue weighted by Crippen LogP contribution is -2.17. The van der Waals surface area contributed by atoms with E-state index in [1.165, 1.54) is 27.8 Å². The zero-order valence-corrected chi connectivity index (χ0v) is 23.8. The number of allylic oxidation sites excluding steroid dienone is 3. The highest BCUT2D eigenvalue weighted by Gasteiger charge is 2.34. The number of benzene rings is 6. The quantitative estimate of drug-likeness (QED) is 0.196. The summed E-state index contributed by atoms with van der Waals surface area (Å²) in [7, 11) is 0. The first kappa shape index (κ1) is 26.4. The minimum Gasteiger partial charge on any atom is -0.251 e. The van der Waals surface area contributed by atoms with Crippen LogP contribution in [0.2, 0.25) is 0 Å². The molecule has 1 aliphatic rings. The molecule has 0 saturated heterocycles. The van der Waals surface area contributed by atoms with E-state index in [2.05, 4.69) is 182 Å². The van der Waals surface area contributed by atoms with Crippen LogP contribution in [-0.4, -0.2) is 5.71 Å². The van der Waals surface area contributed by atoms with Crippen molar-refractivity contribution in [1.29, 1.82) is 0 Å². The summed E-state index contributed by atoms with van der Waals surface area (Å²) in [5.74, 6) is -0.124. The lowest BCUT2D eigenvalue weighted by molar-refractivity contribution is 1.15. The van der Waals surface area contributed by atoms with E-state index in [0.29, 0.717) is 0 Å². The van der Waals surface area contributed by atoms with Gasteiger partial charge in [-0.1, -0.05) is 182 Å². The van der Waals surface area contributed by atoms with Crippen molar-refractivity contribution in [3.63, 3.8) is 0 Å². The molecule has 0 radical (unpaired) electrons. The number of rotatable bonds is 6. The molecule has 0 amide bonds. The van der Waals surface area contributed by atoms with Crippen molar-refractivity contribution >= 4 is 28.1 Å². The number of hydrogen-bond acceptors (Lipinski definition) is 1. The summed E-state index contributed by atoms with van der Waals surface area (Å²) in [6, 6.07) is 64.6. The van der Waals surface area contributed by atoms with Crippen LogP contribution in [-0.2, 0) is 0 Å². The van der Waals surface area contributed by atoms with Gasteiger partial charge in [0.25, 0.3) is 0 Å². The van der Waals surface area contributed by atoms with E-state index >= 15 is 0 Å². The Bertz CT molecular complexity index is 1900. The molecule has 1 nitrogen and oxygen atoms in total. The van der Waals surface area contributed by atoms with E-state index in [9.17, 15) is 0 Å². The average molecular weight is 550 g/mol. The van der Waals surface area contributed by atoms with Crippen LogP contribution in [0.3, 0.4) is 0 Å². The molecule has 1 aliphatic heterocycles. The Balaban J connectivity index is 1.73. The molecule has 1 heterocycles. The molecule has 43 heavy (non-hydrogen) atoms. The van der Waals surface area contributed by atoms with Gasteiger partial charge in [0.05, 0.1) is 17.3 Å². The maximum atomic E-state index is 5.74. The van der Waals surface area contributed by atoms with Crippen LogP contribution in [0.15, 0.2) is 187 Å². The first-order valence-electron chi connectivity index (χ1n) is 14.8. The Labute approximate surface area is 253 Å². The van der Waals surface area contributed by atoms with E-state index in [-0.39, 0.29) is 5.92 Å². The molecular weight excluding hydrogens is 518 g/mol. The topological polar surface area (TPSA) is 12.4 Å². The molecule has 1 unspecified atom stereocenters. The summed E-state index contributed by atoms with van der Waals surface area (Å²) >= 11 is 0. The van der Waals surface area contributed by atoms with Gasteiger partial charge < -0.3 is 0 Å². The molecule has 7 rings (SSSR count). The zero-order valence-electron chi connectivity index (χ0n) is 23.8. The molecular formula is C42H31N. The van der Waals surface area contributed by atoms with Crippen LogP contribution in [0.25, 0.3) is 22.4 Å². The average Bonchev–Trinajstić information content (AvgIpc) is 3.26. The van der Waals surface area contributed by atoms with Gasteiger partial charge in [-0.05, 0) is 39.0 Å². The van der Waals surface area contributed by atoms with Crippen molar-refractivity contribution in [3.8, 4) is 0 Å². The van der Waals surface area contributed by atoms with Crippen LogP contribution < -0.4 is 0 Å². The van der Waals surface area contributed by atoms with Gasteiger partial charge in [-0.25, -0.2) is 0 Å². The Morgan fingerprint density at radius 3 is 1.19 bits per heavy atom. The van der Waals surface area contributed by atoms with Crippen molar-refractivity contribution in [2.75, 3.05) is 0 Å². The van der Waals surface area contributed by atoms with Crippen LogP contribution in [0.5, 0.6) is 0 Å². The van der Waals surface area contributed by atoms with Crippen molar-refractivity contribution in [2.45, 2.75) is 5.92 Å². The minimum absolute atomic E-state index is 0.124. The standard InChI is InChI=1S/C42H31N/c1-7-19-31(20-8-1)37-38(32-21-9-2-10-22-32)40(34-25-13-4-14-26-34)42(36-29-17-6-18-30-36)43-41(35-27-15-5-16-28-35)39(37)33-23-11-3-12-24-33/h1-30,39H. The molecule has 1 heteroatoms. The van der Waals surface area contributed by atoms with Gasteiger partial charge in [0.15, 0.2) is 0 Å². The first-order valence-corrected chi connectivity index (χ1v) is 14.8. The fourth-order valence-corrected chi connectivity index (χ4v) is 6.11. The summed E-state index contributed by atoms with van der Waals surface area (Å²) < 4.78 is 0. The Kier molecular flexibility index (Phi) is 7.45. The highest BCUT2D eigenvalue weighted by atomic mass is 14.8. The Morgan fingerprint density at radius 2 is 0.698 bits per heavy atom. The second-order valence-corrected chi connectivity index (χ2v) is 10.7. The molecule has 0 spiro atoms. The summed E-state index contributed by atoms with van der Waals surface area (Å²) in [6.45, 7) is 0. The lowest BCUT2D eigenvalue weighted by atomic mass is 9.75. The summed E-state index contributed by atoms with van der Waals surface area (Å²) in [6.07, 6.45) is 0. The van der Waals surface area contributed by atoms with Crippen molar-refractivity contribution in [1.82, 2.24) is 0 Å². The van der Waals surface area contributed by atoms with E-state index in [1.807, 2.05) is 0 Å². The Hall–Kier alpha value is -5.53. The predicted octanol–water partition coefficient (Wildman–Crippen LogP) is 10.5. The lowest BCUT2D eigenvalue weighted by Gasteiger charge is -2.26. The van der Waals surface area contributed by atoms with E-state index < -0.39 is 0 Å². The number of hydrogen-bond donors (Lipinski definition) is 0. The summed E-state index contributed by atoms with van der Waals surface area (Å²) in [4.78, 5) is 5.74. The van der Waals surface area contributed by atoms with Crippen molar-refractivity contribution in [3.05, 3.63) is 215 Å². The highest BCUT2D eigenvalue weighted by Crippen LogP contribution is 2.50. The van der Waals surface area contributed by atoms with E-state index in [1.54, 1.807) is 0 Å². The van der Waals surface area contributed by atoms with Gasteiger partial charge in [-0.2, -0.15) is 0 Å². The molecule has 6 aromatic rings. The normalized spacial score (nSPS) is 15.2. The Morgan fingerprint density at radius 1 is 0.326 bits per heavy atom. The van der Waals surface area contributed by atoms with E-state index in [0.717, 1.165) is 33.7 Å². The first-order chi connectivity index (χ1) is 21.4. The molecule has 0 saturated carbocycles. The van der Waals surface area contributed by atoms with Gasteiger partial charge in [0.1, 0.15) is 0 Å². The van der Waals surface area contributed by atoms with Gasteiger partial charge in [-0.15, -0.1) is 0 Å². The van der Waals surface area contributed by atoms with Gasteiger partial charge >= 0.3 is 0 Å². The maximum Gasteiger partial charge on any atom is 0.0790 e. The molecule has 0 aromatic heterocycles. The maximum absolute atomic E-state index is 5.74. The third kappa shape index (κ3) is 5.29. The minimum atomic E-state index is -0.124. The fourth-order valence-electron chi connectivity index (χ4n) is 6.11. The van der Waals surface area contributed by atoms with Crippen LogP contribution in [0, 0.1) is 0 Å². The highest BCUT2D eigenvalue weighted by molar-refractivity contribution is 6.29. The largest absolute Gasteiger partial charge is 0.251 e. The predicted molar refractivity (Wildman–Crippen MR) is 182 cm³/mol. The van der Waals surface area contributed by atoms with Gasteiger partial charge in [-0.3, -0.25) is 4.99 Å². The molecule has 0 N–H and O–H groups in total. The zero-order chi connectivity index (χ0) is 28.8. The van der Waals surface area contributed by atoms with Crippen molar-refractivity contribution < 1.29 is 0 Å².